The van der Waals surface area contributed by atoms with Gasteiger partial charge in [0, 0.05) is 16.0 Å². The molecule has 0 spiro atoms. The lowest BCUT2D eigenvalue weighted by Gasteiger charge is -2.19. The van der Waals surface area contributed by atoms with Gasteiger partial charge in [0.05, 0.1) is 39.4 Å². The Kier molecular flexibility index (Phi) is 7.06. The highest BCUT2D eigenvalue weighted by molar-refractivity contribution is 7.90. The number of rotatable bonds is 5. The largest absolute Gasteiger partial charge is 0.465 e. The van der Waals surface area contributed by atoms with Gasteiger partial charge >= 0.3 is 12.1 Å². The number of carbonyl (C=O) groups excluding carboxylic acids is 1. The van der Waals surface area contributed by atoms with Crippen molar-refractivity contribution in [2.75, 3.05) is 7.11 Å². The Labute approximate surface area is 219 Å². The molecule has 37 heavy (non-hydrogen) atoms. The second-order valence-corrected chi connectivity index (χ2v) is 10.7. The number of alkyl halides is 3. The van der Waals surface area contributed by atoms with Crippen molar-refractivity contribution >= 4 is 50.1 Å². The van der Waals surface area contributed by atoms with Crippen LogP contribution in [0.3, 0.4) is 0 Å². The first-order valence-corrected chi connectivity index (χ1v) is 12.8. The van der Waals surface area contributed by atoms with Gasteiger partial charge in [0.2, 0.25) is 0 Å². The molecular weight excluding hydrogens is 554 g/mol. The number of aryl methyl sites for hydroxylation is 1. The van der Waals surface area contributed by atoms with E-state index in [0.29, 0.717) is 3.97 Å². The number of benzene rings is 3. The van der Waals surface area contributed by atoms with Crippen LogP contribution in [0, 0.1) is 6.92 Å². The maximum atomic E-state index is 13.7. The fourth-order valence-corrected chi connectivity index (χ4v) is 6.28. The number of esters is 1. The SMILES string of the molecule is COC(=O)c1ccc(Cl)c(C(O)c2cc3cc(C)c(C(F)(F)F)cc3n2S(=O)(=O)c2ccccc2)c1Cl. The highest BCUT2D eigenvalue weighted by Gasteiger charge is 2.35. The Morgan fingerprint density at radius 2 is 1.70 bits per heavy atom. The van der Waals surface area contributed by atoms with Crippen LogP contribution in [0.25, 0.3) is 10.9 Å². The molecule has 0 fully saturated rings. The summed E-state index contributed by atoms with van der Waals surface area (Å²) in [6.07, 6.45) is -6.62. The van der Waals surface area contributed by atoms with Crippen LogP contribution < -0.4 is 0 Å². The van der Waals surface area contributed by atoms with Crippen molar-refractivity contribution in [1.82, 2.24) is 3.97 Å². The van der Waals surface area contributed by atoms with Crippen molar-refractivity contribution in [3.05, 3.63) is 98.7 Å². The standard InChI is InChI=1S/C25H18Cl2F3NO5S/c1-13-10-14-11-20(23(32)21-18(26)9-8-16(22(21)27)24(33)36-2)31(19(14)12-17(13)25(28,29)30)37(34,35)15-6-4-3-5-7-15/h3-12,23,32H,1-2H3. The van der Waals surface area contributed by atoms with Crippen molar-refractivity contribution in [1.29, 1.82) is 0 Å². The summed E-state index contributed by atoms with van der Waals surface area (Å²) in [5.41, 5.74) is -2.18. The van der Waals surface area contributed by atoms with Gasteiger partial charge in [0.15, 0.2) is 0 Å². The zero-order valence-corrected chi connectivity index (χ0v) is 21.5. The molecule has 1 unspecified atom stereocenters. The van der Waals surface area contributed by atoms with Gasteiger partial charge in [-0.2, -0.15) is 13.2 Å². The van der Waals surface area contributed by atoms with Gasteiger partial charge in [0.25, 0.3) is 10.0 Å². The molecule has 0 bridgehead atoms. The quantitative estimate of drug-likeness (QED) is 0.281. The number of hydrogen-bond acceptors (Lipinski definition) is 5. The summed E-state index contributed by atoms with van der Waals surface area (Å²) >= 11 is 12.7. The van der Waals surface area contributed by atoms with Crippen LogP contribution in [0.2, 0.25) is 10.0 Å². The third kappa shape index (κ3) is 4.70. The summed E-state index contributed by atoms with van der Waals surface area (Å²) in [7, 11) is -3.41. The molecule has 1 atom stereocenters. The number of ether oxygens (including phenoxy) is 1. The van der Waals surface area contributed by atoms with Crippen molar-refractivity contribution in [2.45, 2.75) is 24.1 Å². The molecule has 0 radical (unpaired) electrons. The Bertz CT molecular complexity index is 1630. The lowest BCUT2D eigenvalue weighted by molar-refractivity contribution is -0.137. The van der Waals surface area contributed by atoms with Gasteiger partial charge < -0.3 is 9.84 Å². The zero-order valence-electron chi connectivity index (χ0n) is 19.2. The molecule has 0 aliphatic rings. The van der Waals surface area contributed by atoms with Gasteiger partial charge in [-0.15, -0.1) is 0 Å². The number of carbonyl (C=O) groups is 1. The number of halogens is 5. The number of methoxy groups -OCH3 is 1. The van der Waals surface area contributed by atoms with Crippen LogP contribution in [0.15, 0.2) is 65.6 Å². The molecule has 1 heterocycles. The van der Waals surface area contributed by atoms with Crippen LogP contribution in [-0.2, 0) is 20.9 Å². The number of aliphatic hydroxyl groups is 1. The summed E-state index contributed by atoms with van der Waals surface area (Å²) in [4.78, 5) is 11.9. The molecule has 3 aromatic carbocycles. The average Bonchev–Trinajstić information content (AvgIpc) is 3.22. The average molecular weight is 572 g/mol. The molecule has 4 aromatic rings. The first-order valence-electron chi connectivity index (χ1n) is 10.6. The number of aliphatic hydroxyl groups excluding tert-OH is 1. The van der Waals surface area contributed by atoms with E-state index in [1.807, 2.05) is 0 Å². The fourth-order valence-electron chi connectivity index (χ4n) is 4.06. The monoisotopic (exact) mass is 571 g/mol. The molecule has 0 saturated carbocycles. The lowest BCUT2D eigenvalue weighted by Crippen LogP contribution is -2.19. The lowest BCUT2D eigenvalue weighted by atomic mass is 10.0. The second kappa shape index (κ2) is 9.68. The van der Waals surface area contributed by atoms with Gasteiger partial charge in [-0.3, -0.25) is 0 Å². The predicted molar refractivity (Wildman–Crippen MR) is 133 cm³/mol. The number of hydrogen-bond donors (Lipinski definition) is 1. The predicted octanol–water partition coefficient (Wildman–Crippen LogP) is 6.38. The van der Waals surface area contributed by atoms with E-state index in [-0.39, 0.29) is 48.2 Å². The van der Waals surface area contributed by atoms with Crippen molar-refractivity contribution in [3.63, 3.8) is 0 Å². The Balaban J connectivity index is 2.09. The van der Waals surface area contributed by atoms with E-state index >= 15 is 0 Å². The molecule has 0 saturated heterocycles. The Morgan fingerprint density at radius 3 is 2.30 bits per heavy atom. The third-order valence-electron chi connectivity index (χ3n) is 5.80. The molecule has 0 aliphatic heterocycles. The van der Waals surface area contributed by atoms with E-state index in [0.717, 1.165) is 13.2 Å². The first-order chi connectivity index (χ1) is 17.3. The minimum absolute atomic E-state index is 0.105. The third-order valence-corrected chi connectivity index (χ3v) is 8.30. The molecule has 194 valence electrons. The van der Waals surface area contributed by atoms with Crippen LogP contribution in [0.1, 0.15) is 38.8 Å². The van der Waals surface area contributed by atoms with Crippen molar-refractivity contribution in [2.24, 2.45) is 0 Å². The molecular formula is C25H18Cl2F3NO5S. The van der Waals surface area contributed by atoms with E-state index in [1.165, 1.54) is 55.5 Å². The molecule has 6 nitrogen and oxygen atoms in total. The van der Waals surface area contributed by atoms with E-state index in [1.54, 1.807) is 6.07 Å². The smallest absolute Gasteiger partial charge is 0.416 e. The second-order valence-electron chi connectivity index (χ2n) is 8.09. The highest BCUT2D eigenvalue weighted by atomic mass is 35.5. The summed E-state index contributed by atoms with van der Waals surface area (Å²) in [6.45, 7) is 1.25. The minimum atomic E-state index is -4.76. The van der Waals surface area contributed by atoms with Crippen molar-refractivity contribution in [3.8, 4) is 0 Å². The topological polar surface area (TPSA) is 85.6 Å². The zero-order chi connectivity index (χ0) is 27.3. The molecule has 0 amide bonds. The van der Waals surface area contributed by atoms with E-state index in [9.17, 15) is 31.5 Å². The molecule has 12 heteroatoms. The van der Waals surface area contributed by atoms with Crippen LogP contribution in [0.4, 0.5) is 13.2 Å². The van der Waals surface area contributed by atoms with Crippen LogP contribution >= 0.6 is 23.2 Å². The van der Waals surface area contributed by atoms with Gasteiger partial charge in [0.1, 0.15) is 6.10 Å². The number of nitrogens with zero attached hydrogens (tertiary/aromatic N) is 1. The Hall–Kier alpha value is -3.05. The van der Waals surface area contributed by atoms with E-state index in [4.69, 9.17) is 23.2 Å². The number of fused-ring (bicyclic) bond motifs is 1. The molecule has 4 rings (SSSR count). The van der Waals surface area contributed by atoms with Gasteiger partial charge in [-0.25, -0.2) is 17.2 Å². The summed E-state index contributed by atoms with van der Waals surface area (Å²) in [5, 5.41) is 11.1. The fraction of sp³-hybridized carbons (Fsp3) is 0.160. The Morgan fingerprint density at radius 1 is 1.05 bits per heavy atom. The minimum Gasteiger partial charge on any atom is -0.465 e. The molecule has 0 aliphatic carbocycles. The summed E-state index contributed by atoms with van der Waals surface area (Å²) in [6, 6.07) is 12.7. The summed E-state index contributed by atoms with van der Waals surface area (Å²) in [5.74, 6) is -0.835. The number of aromatic nitrogens is 1. The van der Waals surface area contributed by atoms with Crippen LogP contribution in [-0.4, -0.2) is 30.6 Å². The van der Waals surface area contributed by atoms with Crippen molar-refractivity contribution < 1.29 is 36.2 Å². The maximum Gasteiger partial charge on any atom is 0.416 e. The normalized spacial score (nSPS) is 13.1. The maximum absolute atomic E-state index is 13.7. The molecule has 1 N–H and O–H groups in total. The summed E-state index contributed by atoms with van der Waals surface area (Å²) < 4.78 is 74.0. The van der Waals surface area contributed by atoms with Crippen LogP contribution in [0.5, 0.6) is 0 Å². The first kappa shape index (κ1) is 27.0. The van der Waals surface area contributed by atoms with E-state index in [2.05, 4.69) is 4.74 Å². The van der Waals surface area contributed by atoms with Gasteiger partial charge in [-0.05, 0) is 55.0 Å². The van der Waals surface area contributed by atoms with E-state index < -0.39 is 33.8 Å². The molecule has 1 aromatic heterocycles. The highest BCUT2D eigenvalue weighted by Crippen LogP contribution is 2.41. The van der Waals surface area contributed by atoms with Gasteiger partial charge in [-0.1, -0.05) is 41.4 Å².